The number of hydrogen-bond donors (Lipinski definition) is 0. The quantitative estimate of drug-likeness (QED) is 0.705. The van der Waals surface area contributed by atoms with E-state index in [2.05, 4.69) is 9.97 Å². The summed E-state index contributed by atoms with van der Waals surface area (Å²) in [4.78, 5) is 32.3. The third-order valence-electron chi connectivity index (χ3n) is 3.38. The molecule has 0 bridgehead atoms. The van der Waals surface area contributed by atoms with Crippen molar-refractivity contribution in [2.45, 2.75) is 39.5 Å². The van der Waals surface area contributed by atoms with Crippen LogP contribution in [0.15, 0.2) is 36.5 Å². The maximum absolute atomic E-state index is 13.0. The van der Waals surface area contributed by atoms with E-state index in [0.29, 0.717) is 16.2 Å². The van der Waals surface area contributed by atoms with E-state index >= 15 is 0 Å². The highest BCUT2D eigenvalue weighted by molar-refractivity contribution is 5.92. The minimum Gasteiger partial charge on any atom is -0.443 e. The zero-order chi connectivity index (χ0) is 21.1. The van der Waals surface area contributed by atoms with Crippen LogP contribution < -0.4 is 4.90 Å². The molecule has 0 saturated heterocycles. The van der Waals surface area contributed by atoms with Gasteiger partial charge in [-0.15, -0.1) is 0 Å². The summed E-state index contributed by atoms with van der Waals surface area (Å²) in [7, 11) is 0. The van der Waals surface area contributed by atoms with Gasteiger partial charge in [-0.25, -0.2) is 14.8 Å². The Balaban J connectivity index is 2.44. The van der Waals surface area contributed by atoms with E-state index in [0.717, 1.165) is 0 Å². The van der Waals surface area contributed by atoms with Crippen molar-refractivity contribution in [2.75, 3.05) is 11.4 Å². The number of amides is 1. The molecule has 6 nitrogen and oxygen atoms in total. The number of alkyl halides is 3. The van der Waals surface area contributed by atoms with Gasteiger partial charge in [0.2, 0.25) is 0 Å². The van der Waals surface area contributed by atoms with Crippen LogP contribution in [-0.2, 0) is 4.74 Å². The molecular formula is C19H20F3N3O3. The molecule has 0 atom stereocenters. The molecule has 1 amide bonds. The minimum atomic E-state index is -4.65. The molecule has 2 aromatic rings. The van der Waals surface area contributed by atoms with Gasteiger partial charge in [0.1, 0.15) is 23.7 Å². The third kappa shape index (κ3) is 6.04. The molecule has 150 valence electrons. The van der Waals surface area contributed by atoms with Gasteiger partial charge in [-0.1, -0.05) is 6.07 Å². The van der Waals surface area contributed by atoms with Crippen molar-refractivity contribution in [3.05, 3.63) is 42.2 Å². The van der Waals surface area contributed by atoms with Crippen molar-refractivity contribution in [1.29, 1.82) is 0 Å². The van der Waals surface area contributed by atoms with Gasteiger partial charge in [0, 0.05) is 18.7 Å². The summed E-state index contributed by atoms with van der Waals surface area (Å²) in [5.74, 6) is -0.484. The highest BCUT2D eigenvalue weighted by atomic mass is 19.4. The van der Waals surface area contributed by atoms with Crippen LogP contribution in [-0.4, -0.2) is 40.2 Å². The Kier molecular flexibility index (Phi) is 6.06. The molecule has 0 radical (unpaired) electrons. The van der Waals surface area contributed by atoms with Crippen LogP contribution in [0.3, 0.4) is 0 Å². The van der Waals surface area contributed by atoms with Crippen LogP contribution in [0.1, 0.15) is 38.2 Å². The molecule has 0 aliphatic rings. The summed E-state index contributed by atoms with van der Waals surface area (Å²) in [6.45, 7) is 4.46. The Morgan fingerprint density at radius 3 is 2.39 bits per heavy atom. The Morgan fingerprint density at radius 2 is 1.82 bits per heavy atom. The summed E-state index contributed by atoms with van der Waals surface area (Å²) in [6, 6.07) is 7.57. The molecule has 2 rings (SSSR count). The number of hydrogen-bond acceptors (Lipinski definition) is 5. The first-order valence-electron chi connectivity index (χ1n) is 8.37. The summed E-state index contributed by atoms with van der Waals surface area (Å²) < 4.78 is 44.2. The number of pyridine rings is 2. The van der Waals surface area contributed by atoms with Gasteiger partial charge in [-0.05, 0) is 45.0 Å². The second-order valence-electron chi connectivity index (χ2n) is 7.05. The lowest BCUT2D eigenvalue weighted by Gasteiger charge is -2.27. The largest absolute Gasteiger partial charge is 0.443 e. The van der Waals surface area contributed by atoms with E-state index in [4.69, 9.17) is 4.74 Å². The summed E-state index contributed by atoms with van der Waals surface area (Å²) in [6.07, 6.45) is -4.55. The van der Waals surface area contributed by atoms with Crippen LogP contribution in [0, 0.1) is 0 Å². The van der Waals surface area contributed by atoms with Crippen molar-refractivity contribution in [3.8, 4) is 11.3 Å². The summed E-state index contributed by atoms with van der Waals surface area (Å²) in [5, 5.41) is 0. The number of nitrogens with zero attached hydrogens (tertiary/aromatic N) is 3. The van der Waals surface area contributed by atoms with Gasteiger partial charge in [0.15, 0.2) is 5.78 Å². The van der Waals surface area contributed by atoms with Gasteiger partial charge >= 0.3 is 12.3 Å². The number of ether oxygens (including phenoxy) is 1. The number of carbonyl (C=O) groups excluding carboxylic acids is 2. The van der Waals surface area contributed by atoms with E-state index in [-0.39, 0.29) is 17.3 Å². The maximum Gasteiger partial charge on any atom is 0.416 e. The summed E-state index contributed by atoms with van der Waals surface area (Å²) in [5.41, 5.74) is 0.0158. The molecule has 0 saturated carbocycles. The van der Waals surface area contributed by atoms with Crippen molar-refractivity contribution >= 4 is 17.7 Å². The molecule has 2 aromatic heterocycles. The molecule has 9 heteroatoms. The monoisotopic (exact) mass is 395 g/mol. The first-order chi connectivity index (χ1) is 12.9. The van der Waals surface area contributed by atoms with Gasteiger partial charge in [-0.3, -0.25) is 9.69 Å². The number of rotatable bonds is 4. The van der Waals surface area contributed by atoms with Crippen LogP contribution in [0.2, 0.25) is 0 Å². The molecule has 28 heavy (non-hydrogen) atoms. The molecule has 2 heterocycles. The lowest BCUT2D eigenvalue weighted by Crippen LogP contribution is -2.42. The Hall–Kier alpha value is -2.97. The summed E-state index contributed by atoms with van der Waals surface area (Å²) >= 11 is 0. The Morgan fingerprint density at radius 1 is 1.14 bits per heavy atom. The smallest absolute Gasteiger partial charge is 0.416 e. The van der Waals surface area contributed by atoms with E-state index in [1.807, 2.05) is 0 Å². The molecule has 0 spiro atoms. The molecule has 0 fully saturated rings. The zero-order valence-corrected chi connectivity index (χ0v) is 15.9. The zero-order valence-electron chi connectivity index (χ0n) is 15.9. The van der Waals surface area contributed by atoms with Crippen molar-refractivity contribution in [2.24, 2.45) is 0 Å². The number of aromatic nitrogens is 2. The topological polar surface area (TPSA) is 72.4 Å². The van der Waals surface area contributed by atoms with Crippen LogP contribution in [0.25, 0.3) is 11.3 Å². The van der Waals surface area contributed by atoms with Crippen molar-refractivity contribution in [3.63, 3.8) is 0 Å². The predicted molar refractivity (Wildman–Crippen MR) is 97.1 cm³/mol. The lowest BCUT2D eigenvalue weighted by molar-refractivity contribution is -0.119. The molecule has 0 N–H and O–H groups in total. The number of halogens is 3. The SMILES string of the molecule is CC(=O)c1cccc(-c2ccnc(N(CC(F)(F)F)C(=O)OC(C)(C)C)c2)n1. The fourth-order valence-corrected chi connectivity index (χ4v) is 2.25. The number of Topliss-reactive ketones (excluding diaryl/α,β-unsaturated/α-hetero) is 1. The van der Waals surface area contributed by atoms with E-state index in [9.17, 15) is 22.8 Å². The second kappa shape index (κ2) is 7.95. The number of carbonyl (C=O) groups is 2. The van der Waals surface area contributed by atoms with Gasteiger partial charge in [0.05, 0.1) is 5.69 Å². The number of anilines is 1. The molecule has 0 aromatic carbocycles. The van der Waals surface area contributed by atoms with E-state index in [1.165, 1.54) is 31.3 Å². The van der Waals surface area contributed by atoms with Crippen LogP contribution in [0.5, 0.6) is 0 Å². The van der Waals surface area contributed by atoms with E-state index < -0.39 is 24.4 Å². The second-order valence-corrected chi connectivity index (χ2v) is 7.05. The lowest BCUT2D eigenvalue weighted by atomic mass is 10.1. The van der Waals surface area contributed by atoms with E-state index in [1.54, 1.807) is 32.9 Å². The maximum atomic E-state index is 13.0. The van der Waals surface area contributed by atoms with Gasteiger partial charge in [-0.2, -0.15) is 13.2 Å². The molecule has 0 aliphatic heterocycles. The van der Waals surface area contributed by atoms with Crippen LogP contribution >= 0.6 is 0 Å². The first kappa shape index (κ1) is 21.3. The first-order valence-corrected chi connectivity index (χ1v) is 8.37. The van der Waals surface area contributed by atoms with Crippen molar-refractivity contribution in [1.82, 2.24) is 9.97 Å². The predicted octanol–water partition coefficient (Wildman–Crippen LogP) is 4.65. The highest BCUT2D eigenvalue weighted by Crippen LogP contribution is 2.26. The Bertz CT molecular complexity index is 876. The minimum absolute atomic E-state index is 0.218. The molecule has 0 aliphatic carbocycles. The van der Waals surface area contributed by atoms with Gasteiger partial charge in [0.25, 0.3) is 0 Å². The molecular weight excluding hydrogens is 375 g/mol. The third-order valence-corrected chi connectivity index (χ3v) is 3.38. The fourth-order valence-electron chi connectivity index (χ4n) is 2.25. The van der Waals surface area contributed by atoms with Crippen molar-refractivity contribution < 1.29 is 27.5 Å². The highest BCUT2D eigenvalue weighted by Gasteiger charge is 2.36. The molecule has 0 unspecified atom stereocenters. The normalized spacial score (nSPS) is 11.8. The standard InChI is InChI=1S/C19H20F3N3O3/c1-12(26)14-6-5-7-15(24-14)13-8-9-23-16(10-13)25(11-19(20,21)22)17(27)28-18(2,3)4/h5-10H,11H2,1-4H3. The number of ketones is 1. The average Bonchev–Trinajstić information content (AvgIpc) is 2.57. The fraction of sp³-hybridized carbons (Fsp3) is 0.368. The Labute approximate surface area is 160 Å². The van der Waals surface area contributed by atoms with Gasteiger partial charge < -0.3 is 4.74 Å². The van der Waals surface area contributed by atoms with Crippen LogP contribution in [0.4, 0.5) is 23.8 Å². The average molecular weight is 395 g/mol.